The number of carboxylic acid groups (broad SMARTS) is 1. The van der Waals surface area contributed by atoms with Gasteiger partial charge in [0.05, 0.1) is 11.3 Å². The monoisotopic (exact) mass is 223 g/mol. The summed E-state index contributed by atoms with van der Waals surface area (Å²) in [5.41, 5.74) is 0.596. The second kappa shape index (κ2) is 3.70. The molecule has 2 aromatic rings. The largest absolute Gasteiger partial charge is 0.478 e. The number of nitrogens with zero attached hydrogens (tertiary/aromatic N) is 3. The van der Waals surface area contributed by atoms with Crippen LogP contribution in [0.5, 0.6) is 0 Å². The smallest absolute Gasteiger partial charge is 0.337 e. The van der Waals surface area contributed by atoms with Crippen LogP contribution in [0.3, 0.4) is 0 Å². The molecular formula is C9H6ClN3O2. The zero-order valence-electron chi connectivity index (χ0n) is 7.46. The predicted octanol–water partition coefficient (Wildman–Crippen LogP) is 1.62. The maximum atomic E-state index is 11.0. The number of halogens is 1. The molecule has 15 heavy (non-hydrogen) atoms. The molecule has 1 aromatic carbocycles. The van der Waals surface area contributed by atoms with Crippen molar-refractivity contribution in [2.24, 2.45) is 0 Å². The molecule has 0 fully saturated rings. The van der Waals surface area contributed by atoms with Crippen molar-refractivity contribution in [1.29, 1.82) is 0 Å². The van der Waals surface area contributed by atoms with Crippen LogP contribution in [0.2, 0.25) is 5.02 Å². The third-order valence-electron chi connectivity index (χ3n) is 1.89. The van der Waals surface area contributed by atoms with Gasteiger partial charge in [0.1, 0.15) is 12.7 Å². The number of hydrogen-bond donors (Lipinski definition) is 1. The van der Waals surface area contributed by atoms with E-state index < -0.39 is 5.97 Å². The first-order valence-corrected chi connectivity index (χ1v) is 4.44. The van der Waals surface area contributed by atoms with Crippen molar-refractivity contribution in [3.05, 3.63) is 41.4 Å². The number of rotatable bonds is 2. The summed E-state index contributed by atoms with van der Waals surface area (Å²) in [6.07, 6.45) is 2.85. The van der Waals surface area contributed by atoms with Crippen LogP contribution in [-0.2, 0) is 0 Å². The van der Waals surface area contributed by atoms with Crippen molar-refractivity contribution >= 4 is 17.6 Å². The minimum atomic E-state index is -1.04. The highest BCUT2D eigenvalue weighted by Gasteiger charge is 2.11. The Morgan fingerprint density at radius 3 is 2.60 bits per heavy atom. The van der Waals surface area contributed by atoms with Crippen LogP contribution in [0.1, 0.15) is 10.4 Å². The molecule has 6 heteroatoms. The van der Waals surface area contributed by atoms with Crippen molar-refractivity contribution in [2.75, 3.05) is 0 Å². The molecule has 5 nitrogen and oxygen atoms in total. The Kier molecular flexibility index (Phi) is 2.39. The number of carboxylic acids is 1. The third kappa shape index (κ3) is 1.82. The summed E-state index contributed by atoms with van der Waals surface area (Å²) in [7, 11) is 0. The fourth-order valence-corrected chi connectivity index (χ4v) is 1.40. The molecule has 0 radical (unpaired) electrons. The number of hydrogen-bond acceptors (Lipinski definition) is 3. The van der Waals surface area contributed by atoms with Crippen LogP contribution in [0, 0.1) is 0 Å². The van der Waals surface area contributed by atoms with E-state index in [-0.39, 0.29) is 5.56 Å². The zero-order chi connectivity index (χ0) is 10.8. The van der Waals surface area contributed by atoms with E-state index in [1.54, 1.807) is 12.1 Å². The van der Waals surface area contributed by atoms with E-state index in [0.717, 1.165) is 0 Å². The standard InChI is InChI=1S/C9H6ClN3O2/c10-6-1-2-8(7(3-6)9(14)15)13-4-11-12-5-13/h1-5H,(H,14,15). The van der Waals surface area contributed by atoms with Gasteiger partial charge in [0, 0.05) is 5.02 Å². The fraction of sp³-hybridized carbons (Fsp3) is 0. The van der Waals surface area contributed by atoms with Gasteiger partial charge in [0.15, 0.2) is 0 Å². The van der Waals surface area contributed by atoms with E-state index >= 15 is 0 Å². The van der Waals surface area contributed by atoms with Crippen LogP contribution < -0.4 is 0 Å². The van der Waals surface area contributed by atoms with E-state index in [1.807, 2.05) is 0 Å². The van der Waals surface area contributed by atoms with E-state index in [4.69, 9.17) is 16.7 Å². The van der Waals surface area contributed by atoms with E-state index in [1.165, 1.54) is 23.3 Å². The molecule has 1 heterocycles. The van der Waals surface area contributed by atoms with Crippen molar-refractivity contribution in [3.63, 3.8) is 0 Å². The van der Waals surface area contributed by atoms with Crippen LogP contribution in [0.25, 0.3) is 5.69 Å². The topological polar surface area (TPSA) is 68.0 Å². The minimum Gasteiger partial charge on any atom is -0.478 e. The summed E-state index contributed by atoms with van der Waals surface area (Å²) in [6.45, 7) is 0. The Morgan fingerprint density at radius 2 is 2.00 bits per heavy atom. The lowest BCUT2D eigenvalue weighted by atomic mass is 10.2. The molecule has 0 atom stereocenters. The van der Waals surface area contributed by atoms with Gasteiger partial charge in [-0.2, -0.15) is 0 Å². The highest BCUT2D eigenvalue weighted by atomic mass is 35.5. The lowest BCUT2D eigenvalue weighted by molar-refractivity contribution is 0.0697. The maximum absolute atomic E-state index is 11.0. The summed E-state index contributed by atoms with van der Waals surface area (Å²) in [6, 6.07) is 4.61. The minimum absolute atomic E-state index is 0.113. The molecule has 0 amide bonds. The van der Waals surface area contributed by atoms with Gasteiger partial charge in [0.25, 0.3) is 0 Å². The van der Waals surface area contributed by atoms with Gasteiger partial charge in [-0.25, -0.2) is 4.79 Å². The van der Waals surface area contributed by atoms with Gasteiger partial charge in [0.2, 0.25) is 0 Å². The van der Waals surface area contributed by atoms with Crippen molar-refractivity contribution in [1.82, 2.24) is 14.8 Å². The average molecular weight is 224 g/mol. The number of aromatic carboxylic acids is 1. The number of aromatic nitrogens is 3. The molecule has 0 aliphatic heterocycles. The Hall–Kier alpha value is -1.88. The first kappa shape index (κ1) is 9.67. The summed E-state index contributed by atoms with van der Waals surface area (Å²) in [4.78, 5) is 11.0. The van der Waals surface area contributed by atoms with E-state index in [2.05, 4.69) is 10.2 Å². The van der Waals surface area contributed by atoms with E-state index in [0.29, 0.717) is 10.7 Å². The van der Waals surface area contributed by atoms with Crippen LogP contribution in [0.15, 0.2) is 30.9 Å². The van der Waals surface area contributed by atoms with Gasteiger partial charge in [-0.05, 0) is 18.2 Å². The lowest BCUT2D eigenvalue weighted by Crippen LogP contribution is -2.04. The Balaban J connectivity index is 2.61. The third-order valence-corrected chi connectivity index (χ3v) is 2.12. The SMILES string of the molecule is O=C(O)c1cc(Cl)ccc1-n1cnnc1. The van der Waals surface area contributed by atoms with Gasteiger partial charge >= 0.3 is 5.97 Å². The van der Waals surface area contributed by atoms with Gasteiger partial charge in [-0.15, -0.1) is 10.2 Å². The highest BCUT2D eigenvalue weighted by Crippen LogP contribution is 2.19. The van der Waals surface area contributed by atoms with Crippen molar-refractivity contribution < 1.29 is 9.90 Å². The maximum Gasteiger partial charge on any atom is 0.337 e. The van der Waals surface area contributed by atoms with E-state index in [9.17, 15) is 4.79 Å². The van der Waals surface area contributed by atoms with Crippen LogP contribution in [0.4, 0.5) is 0 Å². The Bertz CT molecular complexity index is 496. The fourth-order valence-electron chi connectivity index (χ4n) is 1.23. The summed E-state index contributed by atoms with van der Waals surface area (Å²) >= 11 is 5.72. The summed E-state index contributed by atoms with van der Waals surface area (Å²) in [5.74, 6) is -1.04. The zero-order valence-corrected chi connectivity index (χ0v) is 8.22. The molecule has 0 unspecified atom stereocenters. The Morgan fingerprint density at radius 1 is 1.33 bits per heavy atom. The number of benzene rings is 1. The molecule has 0 saturated carbocycles. The molecule has 1 N–H and O–H groups in total. The quantitative estimate of drug-likeness (QED) is 0.840. The molecule has 2 rings (SSSR count). The molecule has 0 spiro atoms. The molecule has 76 valence electrons. The summed E-state index contributed by atoms with van der Waals surface area (Å²) < 4.78 is 1.51. The first-order valence-electron chi connectivity index (χ1n) is 4.06. The van der Waals surface area contributed by atoms with Gasteiger partial charge < -0.3 is 5.11 Å². The second-order valence-corrected chi connectivity index (χ2v) is 3.27. The van der Waals surface area contributed by atoms with Crippen molar-refractivity contribution in [3.8, 4) is 5.69 Å². The van der Waals surface area contributed by atoms with Crippen LogP contribution >= 0.6 is 11.6 Å². The van der Waals surface area contributed by atoms with Crippen LogP contribution in [-0.4, -0.2) is 25.8 Å². The molecule has 0 aliphatic rings. The first-order chi connectivity index (χ1) is 7.18. The molecule has 0 aliphatic carbocycles. The number of carbonyl (C=O) groups is 1. The predicted molar refractivity (Wildman–Crippen MR) is 53.3 cm³/mol. The normalized spacial score (nSPS) is 10.2. The molecule has 0 bridgehead atoms. The summed E-state index contributed by atoms with van der Waals surface area (Å²) in [5, 5.41) is 16.6. The van der Waals surface area contributed by atoms with Gasteiger partial charge in [-0.3, -0.25) is 4.57 Å². The second-order valence-electron chi connectivity index (χ2n) is 2.84. The van der Waals surface area contributed by atoms with Crippen molar-refractivity contribution in [2.45, 2.75) is 0 Å². The average Bonchev–Trinajstić information content (AvgIpc) is 2.70. The Labute approximate surface area is 89.9 Å². The molecular weight excluding hydrogens is 218 g/mol. The van der Waals surface area contributed by atoms with Gasteiger partial charge in [-0.1, -0.05) is 11.6 Å². The molecule has 0 saturated heterocycles. The molecule has 1 aromatic heterocycles. The lowest BCUT2D eigenvalue weighted by Gasteiger charge is -2.05. The highest BCUT2D eigenvalue weighted by molar-refractivity contribution is 6.31.